The molecule has 0 spiro atoms. The van der Waals surface area contributed by atoms with Crippen LogP contribution in [0.4, 0.5) is 19.0 Å². The largest absolute Gasteiger partial charge is 0.435 e. The third kappa shape index (κ3) is 4.77. The van der Waals surface area contributed by atoms with Crippen LogP contribution in [0.1, 0.15) is 48.2 Å². The van der Waals surface area contributed by atoms with Gasteiger partial charge in [0.25, 0.3) is 0 Å². The summed E-state index contributed by atoms with van der Waals surface area (Å²) in [6.07, 6.45) is 2.62. The molecule has 0 radical (unpaired) electrons. The molecule has 1 fully saturated rings. The number of hydrogen-bond acceptors (Lipinski definition) is 6. The molecule has 1 aliphatic carbocycles. The van der Waals surface area contributed by atoms with Crippen molar-refractivity contribution < 1.29 is 26.4 Å². The van der Waals surface area contributed by atoms with Crippen LogP contribution in [0, 0.1) is 5.92 Å². The van der Waals surface area contributed by atoms with E-state index in [1.54, 1.807) is 0 Å². The zero-order valence-corrected chi connectivity index (χ0v) is 16.6. The number of hydrogen-bond donors (Lipinski definition) is 1. The van der Waals surface area contributed by atoms with E-state index < -0.39 is 27.3 Å². The lowest BCUT2D eigenvalue weighted by molar-refractivity contribution is -0.141. The summed E-state index contributed by atoms with van der Waals surface area (Å²) in [6, 6.07) is 2.49. The minimum absolute atomic E-state index is 0.0770. The van der Waals surface area contributed by atoms with Gasteiger partial charge in [-0.25, -0.2) is 18.1 Å². The summed E-state index contributed by atoms with van der Waals surface area (Å²) < 4.78 is 64.3. The average molecular weight is 430 g/mol. The summed E-state index contributed by atoms with van der Waals surface area (Å²) in [4.78, 5) is 15.3. The molecule has 7 nitrogen and oxygen atoms in total. The molecule has 0 saturated heterocycles. The van der Waals surface area contributed by atoms with Crippen LogP contribution in [0.2, 0.25) is 0 Å². The molecule has 1 aliphatic rings. The van der Waals surface area contributed by atoms with Crippen LogP contribution in [0.15, 0.2) is 23.4 Å². The van der Waals surface area contributed by atoms with Crippen molar-refractivity contribution in [2.75, 3.05) is 18.1 Å². The zero-order valence-electron chi connectivity index (χ0n) is 15.7. The Morgan fingerprint density at radius 1 is 1.24 bits per heavy atom. The number of aldehydes is 1. The fourth-order valence-electron chi connectivity index (χ4n) is 3.46. The molecule has 0 bridgehead atoms. The highest BCUT2D eigenvalue weighted by molar-refractivity contribution is 7.90. The third-order valence-corrected chi connectivity index (χ3v) is 5.94. The fraction of sp³-hybridized carbons (Fsp3) is 0.500. The van der Waals surface area contributed by atoms with Gasteiger partial charge in [-0.1, -0.05) is 19.3 Å². The number of halogens is 3. The van der Waals surface area contributed by atoms with Gasteiger partial charge in [0.05, 0.1) is 17.4 Å². The molecule has 2 aromatic rings. The van der Waals surface area contributed by atoms with Crippen molar-refractivity contribution in [3.63, 3.8) is 0 Å². The molecule has 2 heterocycles. The van der Waals surface area contributed by atoms with Gasteiger partial charge in [-0.05, 0) is 30.9 Å². The topological polar surface area (TPSA) is 94.0 Å². The Kier molecular flexibility index (Phi) is 5.97. The molecule has 0 aromatic carbocycles. The summed E-state index contributed by atoms with van der Waals surface area (Å²) >= 11 is 0. The van der Waals surface area contributed by atoms with Crippen LogP contribution in [0.25, 0.3) is 5.69 Å². The molecule has 1 saturated carbocycles. The average Bonchev–Trinajstić information content (AvgIpc) is 3.05. The molecule has 11 heteroatoms. The van der Waals surface area contributed by atoms with Gasteiger partial charge in [-0.3, -0.25) is 4.79 Å². The number of nitrogens with one attached hydrogen (secondary N) is 1. The smallest absolute Gasteiger partial charge is 0.369 e. The van der Waals surface area contributed by atoms with Crippen molar-refractivity contribution in [2.24, 2.45) is 5.92 Å². The Morgan fingerprint density at radius 2 is 1.93 bits per heavy atom. The molecular formula is C18H21F3N4O3S. The van der Waals surface area contributed by atoms with E-state index in [1.165, 1.54) is 12.1 Å². The molecule has 29 heavy (non-hydrogen) atoms. The Bertz CT molecular complexity index is 979. The molecule has 1 N–H and O–H groups in total. The maximum Gasteiger partial charge on any atom is 0.435 e. The normalized spacial score (nSPS) is 16.0. The quantitative estimate of drug-likeness (QED) is 0.705. The van der Waals surface area contributed by atoms with Gasteiger partial charge in [0.15, 0.2) is 26.8 Å². The van der Waals surface area contributed by atoms with Crippen molar-refractivity contribution in [3.05, 3.63) is 29.6 Å². The van der Waals surface area contributed by atoms with E-state index in [0.717, 1.165) is 49.2 Å². The number of carbonyl (C=O) groups excluding carboxylic acids is 1. The number of rotatable bonds is 6. The molecule has 3 rings (SSSR count). The van der Waals surface area contributed by atoms with Gasteiger partial charge in [0.2, 0.25) is 0 Å². The van der Waals surface area contributed by atoms with E-state index >= 15 is 0 Å². The second-order valence-corrected chi connectivity index (χ2v) is 9.11. The van der Waals surface area contributed by atoms with Gasteiger partial charge >= 0.3 is 6.18 Å². The van der Waals surface area contributed by atoms with Crippen molar-refractivity contribution >= 4 is 21.9 Å². The fourth-order valence-corrected chi connectivity index (χ4v) is 4.02. The molecule has 0 amide bonds. The van der Waals surface area contributed by atoms with Crippen LogP contribution < -0.4 is 5.32 Å². The van der Waals surface area contributed by atoms with Crippen LogP contribution in [0.3, 0.4) is 0 Å². The van der Waals surface area contributed by atoms with Crippen LogP contribution in [-0.2, 0) is 16.0 Å². The molecule has 2 aromatic heterocycles. The first-order valence-corrected chi connectivity index (χ1v) is 11.1. The van der Waals surface area contributed by atoms with Crippen molar-refractivity contribution in [1.29, 1.82) is 0 Å². The van der Waals surface area contributed by atoms with E-state index in [1.807, 2.05) is 0 Å². The highest BCUT2D eigenvalue weighted by Gasteiger charge is 2.39. The lowest BCUT2D eigenvalue weighted by atomic mass is 9.89. The number of carbonyl (C=O) groups is 1. The number of pyridine rings is 1. The first-order valence-electron chi connectivity index (χ1n) is 9.17. The lowest BCUT2D eigenvalue weighted by Crippen LogP contribution is -2.19. The lowest BCUT2D eigenvalue weighted by Gasteiger charge is -2.22. The van der Waals surface area contributed by atoms with Crippen molar-refractivity contribution in [2.45, 2.75) is 43.3 Å². The molecule has 0 unspecified atom stereocenters. The second kappa shape index (κ2) is 8.13. The third-order valence-electron chi connectivity index (χ3n) is 4.94. The van der Waals surface area contributed by atoms with E-state index in [9.17, 15) is 26.4 Å². The van der Waals surface area contributed by atoms with E-state index in [-0.39, 0.29) is 22.8 Å². The number of nitrogens with zero attached hydrogens (tertiary/aromatic N) is 3. The monoisotopic (exact) mass is 430 g/mol. The maximum atomic E-state index is 13.4. The van der Waals surface area contributed by atoms with Gasteiger partial charge in [0.1, 0.15) is 5.82 Å². The summed E-state index contributed by atoms with van der Waals surface area (Å²) in [5.74, 6) is 0.221. The Morgan fingerprint density at radius 3 is 2.45 bits per heavy atom. The molecule has 0 aliphatic heterocycles. The number of anilines is 1. The Labute approximate surface area is 166 Å². The van der Waals surface area contributed by atoms with E-state index in [4.69, 9.17) is 0 Å². The summed E-state index contributed by atoms with van der Waals surface area (Å²) in [5, 5.41) is 6.34. The first-order chi connectivity index (χ1) is 13.6. The number of aromatic nitrogens is 3. The first kappa shape index (κ1) is 21.3. The van der Waals surface area contributed by atoms with Gasteiger partial charge in [-0.2, -0.15) is 18.3 Å². The van der Waals surface area contributed by atoms with Crippen LogP contribution >= 0.6 is 0 Å². The van der Waals surface area contributed by atoms with Crippen LogP contribution in [0.5, 0.6) is 0 Å². The maximum absolute atomic E-state index is 13.4. The van der Waals surface area contributed by atoms with E-state index in [0.29, 0.717) is 12.5 Å². The van der Waals surface area contributed by atoms with E-state index in [2.05, 4.69) is 15.4 Å². The Hall–Kier alpha value is -2.43. The van der Waals surface area contributed by atoms with Gasteiger partial charge in [0, 0.05) is 12.8 Å². The van der Waals surface area contributed by atoms with Gasteiger partial charge in [-0.15, -0.1) is 0 Å². The highest BCUT2D eigenvalue weighted by atomic mass is 32.2. The Balaban J connectivity index is 2.02. The summed E-state index contributed by atoms with van der Waals surface area (Å²) in [6.45, 7) is 0.415. The summed E-state index contributed by atoms with van der Waals surface area (Å²) in [7, 11) is -3.56. The number of sulfone groups is 1. The standard InChI is InChI=1S/C18H21F3N4O3S/c1-29(27,28)15-8-7-13(10-22-15)25-17(23-9-12-5-3-2-4-6-12)14(11-26)16(24-25)18(19,20)21/h7-8,10-12,23H,2-6,9H2,1H3. The second-order valence-electron chi connectivity index (χ2n) is 7.15. The van der Waals surface area contributed by atoms with Crippen molar-refractivity contribution in [3.8, 4) is 5.69 Å². The highest BCUT2D eigenvalue weighted by Crippen LogP contribution is 2.35. The zero-order chi connectivity index (χ0) is 21.2. The SMILES string of the molecule is CS(=O)(=O)c1ccc(-n2nc(C(F)(F)F)c(C=O)c2NCC2CCCCC2)cn1. The van der Waals surface area contributed by atoms with Gasteiger partial charge < -0.3 is 5.32 Å². The number of alkyl halides is 3. The van der Waals surface area contributed by atoms with Crippen LogP contribution in [-0.4, -0.2) is 42.3 Å². The predicted octanol–water partition coefficient (Wildman–Crippen LogP) is 3.49. The molecule has 158 valence electrons. The molecular weight excluding hydrogens is 409 g/mol. The molecule has 0 atom stereocenters. The predicted molar refractivity (Wildman–Crippen MR) is 99.9 cm³/mol. The summed E-state index contributed by atoms with van der Waals surface area (Å²) in [5.41, 5.74) is -1.77. The minimum Gasteiger partial charge on any atom is -0.369 e. The van der Waals surface area contributed by atoms with Crippen molar-refractivity contribution in [1.82, 2.24) is 14.8 Å². The minimum atomic E-state index is -4.82.